The number of carbonyl (C=O) groups is 1. The number of nitrogens with zero attached hydrogens (tertiary/aromatic N) is 1. The summed E-state index contributed by atoms with van der Waals surface area (Å²) in [5.74, 6) is -0.163. The van der Waals surface area contributed by atoms with E-state index in [-0.39, 0.29) is 24.1 Å². The number of hydrogen-bond acceptors (Lipinski definition) is 3. The summed E-state index contributed by atoms with van der Waals surface area (Å²) in [6.07, 6.45) is 1.61. The maximum absolute atomic E-state index is 11.8. The van der Waals surface area contributed by atoms with E-state index in [0.717, 1.165) is 4.88 Å². The van der Waals surface area contributed by atoms with Gasteiger partial charge in [0.15, 0.2) is 0 Å². The summed E-state index contributed by atoms with van der Waals surface area (Å²) in [6, 6.07) is 8.73. The Kier molecular flexibility index (Phi) is 3.94. The summed E-state index contributed by atoms with van der Waals surface area (Å²) in [5, 5.41) is 4.84. The largest absolute Gasteiger partial charge is 0.347 e. The van der Waals surface area contributed by atoms with Gasteiger partial charge in [0, 0.05) is 17.1 Å². The van der Waals surface area contributed by atoms with Gasteiger partial charge in [-0.3, -0.25) is 9.59 Å². The summed E-state index contributed by atoms with van der Waals surface area (Å²) in [4.78, 5) is 24.4. The third-order valence-electron chi connectivity index (χ3n) is 2.56. The summed E-state index contributed by atoms with van der Waals surface area (Å²) >= 11 is 1.60. The maximum atomic E-state index is 11.8. The van der Waals surface area contributed by atoms with Crippen LogP contribution in [0.4, 0.5) is 0 Å². The molecule has 0 fully saturated rings. The second-order valence-corrected chi connectivity index (χ2v) is 4.95. The first-order valence-corrected chi connectivity index (χ1v) is 6.53. The second-order valence-electron chi connectivity index (χ2n) is 3.97. The van der Waals surface area contributed by atoms with E-state index in [4.69, 9.17) is 0 Å². The highest BCUT2D eigenvalue weighted by atomic mass is 32.1. The molecule has 4 nitrogen and oxygen atoms in total. The van der Waals surface area contributed by atoms with Crippen molar-refractivity contribution in [3.8, 4) is 0 Å². The molecule has 0 aliphatic rings. The number of carbonyl (C=O) groups excluding carboxylic acids is 1. The topological polar surface area (TPSA) is 51.1 Å². The van der Waals surface area contributed by atoms with Crippen molar-refractivity contribution in [2.45, 2.75) is 19.5 Å². The minimum absolute atomic E-state index is 0.0306. The lowest BCUT2D eigenvalue weighted by atomic mass is 10.3. The van der Waals surface area contributed by atoms with Gasteiger partial charge in [-0.1, -0.05) is 12.1 Å². The Morgan fingerprint density at radius 1 is 1.39 bits per heavy atom. The van der Waals surface area contributed by atoms with E-state index in [2.05, 4.69) is 5.32 Å². The standard InChI is InChI=1S/C13H14N2O2S/c1-10(11-5-4-8-18-11)14-12(16)9-15-7-3-2-6-13(15)17/h2-8,10H,9H2,1H3,(H,14,16). The van der Waals surface area contributed by atoms with E-state index < -0.39 is 0 Å². The molecule has 1 N–H and O–H groups in total. The number of amides is 1. The van der Waals surface area contributed by atoms with Crippen LogP contribution in [-0.2, 0) is 11.3 Å². The van der Waals surface area contributed by atoms with Gasteiger partial charge in [-0.15, -0.1) is 11.3 Å². The van der Waals surface area contributed by atoms with Gasteiger partial charge >= 0.3 is 0 Å². The Labute approximate surface area is 109 Å². The fourth-order valence-electron chi connectivity index (χ4n) is 1.64. The number of nitrogens with one attached hydrogen (secondary N) is 1. The lowest BCUT2D eigenvalue weighted by Crippen LogP contribution is -2.33. The van der Waals surface area contributed by atoms with Gasteiger partial charge in [0.1, 0.15) is 6.54 Å². The summed E-state index contributed by atoms with van der Waals surface area (Å²) in [5.41, 5.74) is -0.170. The molecule has 5 heteroatoms. The molecule has 0 aromatic carbocycles. The number of aromatic nitrogens is 1. The van der Waals surface area contributed by atoms with Crippen LogP contribution in [0.1, 0.15) is 17.8 Å². The molecule has 2 heterocycles. The van der Waals surface area contributed by atoms with Gasteiger partial charge in [0.25, 0.3) is 5.56 Å². The molecule has 2 aromatic heterocycles. The number of rotatable bonds is 4. The molecule has 18 heavy (non-hydrogen) atoms. The third-order valence-corrected chi connectivity index (χ3v) is 3.62. The summed E-state index contributed by atoms with van der Waals surface area (Å²) < 4.78 is 1.39. The number of hydrogen-bond donors (Lipinski definition) is 1. The molecule has 1 unspecified atom stereocenters. The highest BCUT2D eigenvalue weighted by molar-refractivity contribution is 7.10. The van der Waals surface area contributed by atoms with E-state index in [1.807, 2.05) is 24.4 Å². The smallest absolute Gasteiger partial charge is 0.250 e. The Bertz CT molecular complexity index is 575. The molecule has 0 bridgehead atoms. The molecule has 94 valence electrons. The van der Waals surface area contributed by atoms with Gasteiger partial charge in [-0.05, 0) is 24.4 Å². The highest BCUT2D eigenvalue weighted by Crippen LogP contribution is 2.17. The normalized spacial score (nSPS) is 12.1. The number of pyridine rings is 1. The van der Waals surface area contributed by atoms with Crippen molar-refractivity contribution in [1.29, 1.82) is 0 Å². The predicted octanol–water partition coefficient (Wildman–Crippen LogP) is 1.79. The van der Waals surface area contributed by atoms with Gasteiger partial charge in [-0.25, -0.2) is 0 Å². The first-order chi connectivity index (χ1) is 8.66. The molecule has 2 aromatic rings. The van der Waals surface area contributed by atoms with Crippen LogP contribution in [0.2, 0.25) is 0 Å². The molecule has 1 atom stereocenters. The van der Waals surface area contributed by atoms with Gasteiger partial charge in [0.2, 0.25) is 5.91 Å². The van der Waals surface area contributed by atoms with Crippen molar-refractivity contribution in [3.63, 3.8) is 0 Å². The average molecular weight is 262 g/mol. The fraction of sp³-hybridized carbons (Fsp3) is 0.231. The predicted molar refractivity (Wildman–Crippen MR) is 71.6 cm³/mol. The van der Waals surface area contributed by atoms with Crippen LogP contribution in [-0.4, -0.2) is 10.5 Å². The molecule has 1 amide bonds. The maximum Gasteiger partial charge on any atom is 0.250 e. The Morgan fingerprint density at radius 3 is 2.89 bits per heavy atom. The van der Waals surface area contributed by atoms with Gasteiger partial charge in [0.05, 0.1) is 6.04 Å². The van der Waals surface area contributed by atoms with E-state index in [1.165, 1.54) is 10.6 Å². The monoisotopic (exact) mass is 262 g/mol. The number of thiophene rings is 1. The van der Waals surface area contributed by atoms with Crippen LogP contribution in [0.15, 0.2) is 46.7 Å². The van der Waals surface area contributed by atoms with Crippen molar-refractivity contribution in [2.75, 3.05) is 0 Å². The van der Waals surface area contributed by atoms with E-state index in [9.17, 15) is 9.59 Å². The average Bonchev–Trinajstić information content (AvgIpc) is 2.85. The van der Waals surface area contributed by atoms with Crippen molar-refractivity contribution in [2.24, 2.45) is 0 Å². The second kappa shape index (κ2) is 5.64. The SMILES string of the molecule is CC(NC(=O)Cn1ccccc1=O)c1cccs1. The molecule has 0 spiro atoms. The van der Waals surface area contributed by atoms with Crippen molar-refractivity contribution in [1.82, 2.24) is 9.88 Å². The quantitative estimate of drug-likeness (QED) is 0.913. The zero-order valence-electron chi connectivity index (χ0n) is 10.00. The van der Waals surface area contributed by atoms with Crippen LogP contribution in [0.25, 0.3) is 0 Å². The lowest BCUT2D eigenvalue weighted by Gasteiger charge is -2.12. The van der Waals surface area contributed by atoms with Gasteiger partial charge < -0.3 is 9.88 Å². The van der Waals surface area contributed by atoms with Crippen LogP contribution in [0.3, 0.4) is 0 Å². The first kappa shape index (κ1) is 12.6. The molecule has 0 radical (unpaired) electrons. The molecule has 0 aliphatic heterocycles. The van der Waals surface area contributed by atoms with Crippen LogP contribution < -0.4 is 10.9 Å². The molecule has 0 saturated carbocycles. The highest BCUT2D eigenvalue weighted by Gasteiger charge is 2.10. The lowest BCUT2D eigenvalue weighted by molar-refractivity contribution is -0.122. The molecular weight excluding hydrogens is 248 g/mol. The van der Waals surface area contributed by atoms with Crippen molar-refractivity contribution >= 4 is 17.2 Å². The minimum Gasteiger partial charge on any atom is -0.347 e. The van der Waals surface area contributed by atoms with Gasteiger partial charge in [-0.2, -0.15) is 0 Å². The molecular formula is C13H14N2O2S. The van der Waals surface area contributed by atoms with E-state index >= 15 is 0 Å². The van der Waals surface area contributed by atoms with Crippen molar-refractivity contribution in [3.05, 3.63) is 57.1 Å². The Morgan fingerprint density at radius 2 is 2.22 bits per heavy atom. The van der Waals surface area contributed by atoms with Crippen molar-refractivity contribution < 1.29 is 4.79 Å². The first-order valence-electron chi connectivity index (χ1n) is 5.65. The van der Waals surface area contributed by atoms with Crippen LogP contribution in [0.5, 0.6) is 0 Å². The molecule has 0 aliphatic carbocycles. The summed E-state index contributed by atoms with van der Waals surface area (Å²) in [7, 11) is 0. The molecule has 0 saturated heterocycles. The van der Waals surface area contributed by atoms with Crippen LogP contribution >= 0.6 is 11.3 Å². The van der Waals surface area contributed by atoms with E-state index in [1.54, 1.807) is 29.7 Å². The fourth-order valence-corrected chi connectivity index (χ4v) is 2.38. The zero-order chi connectivity index (χ0) is 13.0. The Balaban J connectivity index is 1.97. The zero-order valence-corrected chi connectivity index (χ0v) is 10.8. The minimum atomic E-state index is -0.170. The van der Waals surface area contributed by atoms with E-state index in [0.29, 0.717) is 0 Å². The van der Waals surface area contributed by atoms with Crippen LogP contribution in [0, 0.1) is 0 Å². The Hall–Kier alpha value is -1.88. The molecule has 2 rings (SSSR count). The summed E-state index contributed by atoms with van der Waals surface area (Å²) in [6.45, 7) is 1.98. The third kappa shape index (κ3) is 3.07.